The summed E-state index contributed by atoms with van der Waals surface area (Å²) in [6, 6.07) is 5.67. The summed E-state index contributed by atoms with van der Waals surface area (Å²) in [5, 5.41) is 4.67. The third-order valence-corrected chi connectivity index (χ3v) is 2.67. The Labute approximate surface area is 131 Å². The van der Waals surface area contributed by atoms with E-state index in [4.69, 9.17) is 0 Å². The van der Waals surface area contributed by atoms with Crippen LogP contribution in [0.2, 0.25) is 0 Å². The molecule has 0 aliphatic carbocycles. The fourth-order valence-electron chi connectivity index (χ4n) is 1.51. The summed E-state index contributed by atoms with van der Waals surface area (Å²) in [5.41, 5.74) is 4.88. The SMILES string of the molecule is CCCN(CCC)C(=[SH+])[N-]N=Cc1ccccn1.[Cu+2]. The molecule has 0 aliphatic heterocycles. The van der Waals surface area contributed by atoms with E-state index in [-0.39, 0.29) is 17.1 Å². The van der Waals surface area contributed by atoms with Gasteiger partial charge in [-0.15, -0.1) is 0 Å². The number of pyridine rings is 1. The third-order valence-electron chi connectivity index (χ3n) is 2.29. The molecule has 1 rings (SSSR count). The van der Waals surface area contributed by atoms with Crippen LogP contribution in [0, 0.1) is 0 Å². The number of rotatable bonds is 6. The van der Waals surface area contributed by atoms with Gasteiger partial charge in [0.25, 0.3) is 0 Å². The van der Waals surface area contributed by atoms with Crippen molar-refractivity contribution in [3.8, 4) is 0 Å². The van der Waals surface area contributed by atoms with Crippen LogP contribution in [0.15, 0.2) is 29.5 Å². The summed E-state index contributed by atoms with van der Waals surface area (Å²) in [5.74, 6) is 0. The maximum absolute atomic E-state index is 4.38. The van der Waals surface area contributed by atoms with E-state index in [0.717, 1.165) is 31.6 Å². The Bertz CT molecular complexity index is 377. The Balaban J connectivity index is 0.00000324. The van der Waals surface area contributed by atoms with E-state index in [9.17, 15) is 0 Å². The van der Waals surface area contributed by atoms with E-state index in [1.165, 1.54) is 0 Å². The molecule has 107 valence electrons. The maximum atomic E-state index is 4.38. The van der Waals surface area contributed by atoms with Crippen LogP contribution in [0.5, 0.6) is 0 Å². The number of nitrogens with zero attached hydrogens (tertiary/aromatic N) is 4. The molecule has 0 spiro atoms. The average molecular weight is 328 g/mol. The molecule has 1 heterocycles. The molecule has 1 aromatic rings. The fourth-order valence-corrected chi connectivity index (χ4v) is 1.76. The summed E-state index contributed by atoms with van der Waals surface area (Å²) < 4.78 is 0. The van der Waals surface area contributed by atoms with Crippen molar-refractivity contribution in [2.75, 3.05) is 13.1 Å². The first kappa shape index (κ1) is 18.2. The molecular weight excluding hydrogens is 308 g/mol. The summed E-state index contributed by atoms with van der Waals surface area (Å²) in [7, 11) is 0. The quantitative estimate of drug-likeness (QED) is 0.201. The third kappa shape index (κ3) is 7.38. The van der Waals surface area contributed by atoms with Crippen molar-refractivity contribution in [1.82, 2.24) is 9.88 Å². The molecule has 0 aromatic carbocycles. The largest absolute Gasteiger partial charge is 2.00 e. The van der Waals surface area contributed by atoms with Crippen LogP contribution >= 0.6 is 0 Å². The van der Waals surface area contributed by atoms with Crippen LogP contribution in [0.1, 0.15) is 32.4 Å². The molecule has 0 aliphatic rings. The van der Waals surface area contributed by atoms with Crippen LogP contribution < -0.4 is 0 Å². The molecule has 19 heavy (non-hydrogen) atoms. The predicted octanol–water partition coefficient (Wildman–Crippen LogP) is 2.28. The van der Waals surface area contributed by atoms with Gasteiger partial charge in [0.05, 0.1) is 5.69 Å². The monoisotopic (exact) mass is 327 g/mol. The van der Waals surface area contributed by atoms with Gasteiger partial charge in [-0.1, -0.05) is 19.9 Å². The second-order valence-corrected chi connectivity index (χ2v) is 4.29. The van der Waals surface area contributed by atoms with Gasteiger partial charge in [0.2, 0.25) is 0 Å². The number of aromatic nitrogens is 1. The van der Waals surface area contributed by atoms with Crippen LogP contribution in [-0.4, -0.2) is 34.3 Å². The van der Waals surface area contributed by atoms with Crippen LogP contribution in [0.25, 0.3) is 5.43 Å². The van der Waals surface area contributed by atoms with E-state index in [1.54, 1.807) is 12.4 Å². The average Bonchev–Trinajstić information content (AvgIpc) is 2.39. The van der Waals surface area contributed by atoms with Gasteiger partial charge in [0.1, 0.15) is 0 Å². The van der Waals surface area contributed by atoms with Gasteiger partial charge >= 0.3 is 17.1 Å². The molecule has 0 unspecified atom stereocenters. The van der Waals surface area contributed by atoms with Crippen molar-refractivity contribution < 1.29 is 17.1 Å². The molecular formula is C13H20CuN4S+2. The van der Waals surface area contributed by atoms with Crippen molar-refractivity contribution >= 4 is 23.5 Å². The number of hydrogen-bond acceptors (Lipinski definition) is 2. The predicted molar refractivity (Wildman–Crippen MR) is 81.1 cm³/mol. The van der Waals surface area contributed by atoms with Crippen molar-refractivity contribution in [2.24, 2.45) is 5.10 Å². The van der Waals surface area contributed by atoms with Crippen molar-refractivity contribution in [2.45, 2.75) is 26.7 Å². The van der Waals surface area contributed by atoms with E-state index in [1.807, 2.05) is 18.2 Å². The molecule has 0 N–H and O–H groups in total. The molecule has 4 nitrogen and oxygen atoms in total. The first-order valence-electron chi connectivity index (χ1n) is 6.23. The molecule has 0 saturated heterocycles. The Morgan fingerprint density at radius 1 is 1.37 bits per heavy atom. The minimum Gasteiger partial charge on any atom is -0.515 e. The first-order valence-corrected chi connectivity index (χ1v) is 6.68. The zero-order valence-electron chi connectivity index (χ0n) is 11.3. The van der Waals surface area contributed by atoms with Crippen LogP contribution in [0.3, 0.4) is 0 Å². The summed E-state index contributed by atoms with van der Waals surface area (Å²) >= 11 is 4.38. The molecule has 0 bridgehead atoms. The van der Waals surface area contributed by atoms with Gasteiger partial charge in [0, 0.05) is 25.5 Å². The summed E-state index contributed by atoms with van der Waals surface area (Å²) in [6.45, 7) is 6.19. The van der Waals surface area contributed by atoms with Gasteiger partial charge in [-0.2, -0.15) is 0 Å². The zero-order valence-corrected chi connectivity index (χ0v) is 13.1. The van der Waals surface area contributed by atoms with E-state index < -0.39 is 0 Å². The Morgan fingerprint density at radius 3 is 2.58 bits per heavy atom. The van der Waals surface area contributed by atoms with Gasteiger partial charge < -0.3 is 10.5 Å². The molecule has 1 radical (unpaired) electrons. The van der Waals surface area contributed by atoms with Crippen molar-refractivity contribution in [3.63, 3.8) is 0 Å². The standard InChI is InChI=1S/C13H20N4S.Cu/c1-3-9-17(10-4-2)13(18)16-15-11-12-7-5-6-8-14-12;/h5-8,11H,3-4,9-10H2,1-2H3,(H,14,16,18);/q;+2. The molecule has 0 atom stereocenters. The minimum absolute atomic E-state index is 0. The molecule has 0 fully saturated rings. The topological polar surface area (TPSA) is 42.6 Å². The number of hydrogen-bond donors (Lipinski definition) is 0. The van der Waals surface area contributed by atoms with Gasteiger partial charge in [-0.25, -0.2) is 4.90 Å². The molecule has 6 heteroatoms. The normalized spacial score (nSPS) is 10.5. The smallest absolute Gasteiger partial charge is 0.515 e. The van der Waals surface area contributed by atoms with Gasteiger partial charge in [0.15, 0.2) is 17.3 Å². The Morgan fingerprint density at radius 2 is 2.05 bits per heavy atom. The second-order valence-electron chi connectivity index (χ2n) is 3.89. The maximum Gasteiger partial charge on any atom is 2.00 e. The second kappa shape index (κ2) is 11.1. The van der Waals surface area contributed by atoms with Gasteiger partial charge in [-0.3, -0.25) is 4.98 Å². The van der Waals surface area contributed by atoms with Crippen LogP contribution in [0.4, 0.5) is 0 Å². The van der Waals surface area contributed by atoms with E-state index in [0.29, 0.717) is 5.11 Å². The van der Waals surface area contributed by atoms with Crippen molar-refractivity contribution in [1.29, 1.82) is 0 Å². The van der Waals surface area contributed by atoms with Gasteiger partial charge in [-0.05, 0) is 25.0 Å². The number of thiol groups is 1. The molecule has 0 amide bonds. The zero-order chi connectivity index (χ0) is 13.2. The fraction of sp³-hybridized carbons (Fsp3) is 0.462. The van der Waals surface area contributed by atoms with E-state index >= 15 is 0 Å². The van der Waals surface area contributed by atoms with E-state index in [2.05, 4.69) is 46.5 Å². The molecule has 0 saturated carbocycles. The van der Waals surface area contributed by atoms with Crippen molar-refractivity contribution in [3.05, 3.63) is 35.5 Å². The Hall–Kier alpha value is -0.811. The minimum atomic E-state index is 0. The summed E-state index contributed by atoms with van der Waals surface area (Å²) in [6.07, 6.45) is 5.51. The molecule has 1 aromatic heterocycles. The first-order chi connectivity index (χ1) is 8.77. The Kier molecular flexibility index (Phi) is 10.6. The van der Waals surface area contributed by atoms with Crippen LogP contribution in [-0.2, 0) is 29.3 Å². The summed E-state index contributed by atoms with van der Waals surface area (Å²) in [4.78, 5) is 6.26.